The van der Waals surface area contributed by atoms with Crippen LogP contribution < -0.4 is 10.1 Å². The molecule has 128 valence electrons. The summed E-state index contributed by atoms with van der Waals surface area (Å²) in [6.45, 7) is 5.00. The normalized spacial score (nSPS) is 11.6. The summed E-state index contributed by atoms with van der Waals surface area (Å²) in [5, 5.41) is 3.17. The van der Waals surface area contributed by atoms with Crippen molar-refractivity contribution in [2.24, 2.45) is 0 Å². The van der Waals surface area contributed by atoms with Crippen molar-refractivity contribution in [3.63, 3.8) is 0 Å². The standard InChI is InChI=1S/C20H26N2O2/c1-4-16(2)24-19-12-8-11-18(13-19)21-14-20(23)22(3)15-17-9-6-5-7-10-17/h5-13,16,21H,4,14-15H2,1-3H3. The Morgan fingerprint density at radius 3 is 2.62 bits per heavy atom. The summed E-state index contributed by atoms with van der Waals surface area (Å²) >= 11 is 0. The minimum Gasteiger partial charge on any atom is -0.491 e. The van der Waals surface area contributed by atoms with E-state index in [0.717, 1.165) is 23.4 Å². The molecule has 2 rings (SSSR count). The van der Waals surface area contributed by atoms with Gasteiger partial charge in [0.1, 0.15) is 5.75 Å². The lowest BCUT2D eigenvalue weighted by Crippen LogP contribution is -2.31. The first-order chi connectivity index (χ1) is 11.6. The van der Waals surface area contributed by atoms with Crippen molar-refractivity contribution in [3.05, 3.63) is 60.2 Å². The molecule has 1 unspecified atom stereocenters. The van der Waals surface area contributed by atoms with E-state index in [4.69, 9.17) is 4.74 Å². The molecule has 1 atom stereocenters. The van der Waals surface area contributed by atoms with Gasteiger partial charge in [-0.25, -0.2) is 0 Å². The molecule has 0 aliphatic carbocycles. The Labute approximate surface area is 144 Å². The van der Waals surface area contributed by atoms with E-state index < -0.39 is 0 Å². The van der Waals surface area contributed by atoms with Crippen molar-refractivity contribution in [3.8, 4) is 5.75 Å². The lowest BCUT2D eigenvalue weighted by Gasteiger charge is -2.18. The Hall–Kier alpha value is -2.49. The second-order valence-corrected chi connectivity index (χ2v) is 5.95. The van der Waals surface area contributed by atoms with Gasteiger partial charge < -0.3 is 15.0 Å². The molecule has 1 amide bonds. The van der Waals surface area contributed by atoms with Crippen molar-refractivity contribution >= 4 is 11.6 Å². The van der Waals surface area contributed by atoms with E-state index in [1.54, 1.807) is 4.90 Å². The molecular weight excluding hydrogens is 300 g/mol. The molecular formula is C20H26N2O2. The first kappa shape index (κ1) is 17.9. The van der Waals surface area contributed by atoms with Crippen LogP contribution in [0.2, 0.25) is 0 Å². The second kappa shape index (κ2) is 8.96. The third kappa shape index (κ3) is 5.61. The predicted molar refractivity (Wildman–Crippen MR) is 98.2 cm³/mol. The van der Waals surface area contributed by atoms with Crippen LogP contribution >= 0.6 is 0 Å². The van der Waals surface area contributed by atoms with Gasteiger partial charge in [-0.1, -0.05) is 43.3 Å². The smallest absolute Gasteiger partial charge is 0.241 e. The van der Waals surface area contributed by atoms with Gasteiger partial charge in [-0.3, -0.25) is 4.79 Å². The van der Waals surface area contributed by atoms with Crippen LogP contribution in [-0.2, 0) is 11.3 Å². The average molecular weight is 326 g/mol. The summed E-state index contributed by atoms with van der Waals surface area (Å²) in [6.07, 6.45) is 1.14. The van der Waals surface area contributed by atoms with Gasteiger partial charge in [0.15, 0.2) is 0 Å². The third-order valence-corrected chi connectivity index (χ3v) is 3.88. The van der Waals surface area contributed by atoms with E-state index >= 15 is 0 Å². The molecule has 0 bridgehead atoms. The molecule has 0 spiro atoms. The van der Waals surface area contributed by atoms with Crippen LogP contribution in [0.1, 0.15) is 25.8 Å². The quantitative estimate of drug-likeness (QED) is 0.799. The van der Waals surface area contributed by atoms with Crippen molar-refractivity contribution in [1.82, 2.24) is 4.90 Å². The third-order valence-electron chi connectivity index (χ3n) is 3.88. The van der Waals surface area contributed by atoms with Gasteiger partial charge in [0, 0.05) is 25.3 Å². The number of rotatable bonds is 8. The number of nitrogens with zero attached hydrogens (tertiary/aromatic N) is 1. The Bertz CT molecular complexity index is 643. The molecule has 0 heterocycles. The van der Waals surface area contributed by atoms with Gasteiger partial charge in [0.25, 0.3) is 0 Å². The number of anilines is 1. The molecule has 0 aromatic heterocycles. The molecule has 0 fully saturated rings. The summed E-state index contributed by atoms with van der Waals surface area (Å²) in [4.78, 5) is 14.0. The maximum atomic E-state index is 12.3. The molecule has 0 saturated heterocycles. The maximum absolute atomic E-state index is 12.3. The summed E-state index contributed by atoms with van der Waals surface area (Å²) < 4.78 is 5.80. The predicted octanol–water partition coefficient (Wildman–Crippen LogP) is 3.93. The highest BCUT2D eigenvalue weighted by molar-refractivity contribution is 5.80. The molecule has 24 heavy (non-hydrogen) atoms. The molecule has 1 N–H and O–H groups in total. The van der Waals surface area contributed by atoms with Crippen LogP contribution in [-0.4, -0.2) is 30.5 Å². The fourth-order valence-corrected chi connectivity index (χ4v) is 2.25. The fraction of sp³-hybridized carbons (Fsp3) is 0.350. The molecule has 0 saturated carbocycles. The zero-order valence-electron chi connectivity index (χ0n) is 14.7. The second-order valence-electron chi connectivity index (χ2n) is 5.95. The van der Waals surface area contributed by atoms with Gasteiger partial charge in [-0.15, -0.1) is 0 Å². The molecule has 0 aliphatic rings. The van der Waals surface area contributed by atoms with E-state index in [1.165, 1.54) is 0 Å². The topological polar surface area (TPSA) is 41.6 Å². The highest BCUT2D eigenvalue weighted by Crippen LogP contribution is 2.19. The lowest BCUT2D eigenvalue weighted by molar-refractivity contribution is -0.128. The van der Waals surface area contributed by atoms with Gasteiger partial charge in [-0.05, 0) is 31.0 Å². The number of benzene rings is 2. The van der Waals surface area contributed by atoms with E-state index in [-0.39, 0.29) is 18.6 Å². The van der Waals surface area contributed by atoms with Gasteiger partial charge >= 0.3 is 0 Å². The summed E-state index contributed by atoms with van der Waals surface area (Å²) in [5.74, 6) is 0.867. The monoisotopic (exact) mass is 326 g/mol. The minimum atomic E-state index is 0.0482. The van der Waals surface area contributed by atoms with Crippen molar-refractivity contribution < 1.29 is 9.53 Å². The number of nitrogens with one attached hydrogen (secondary N) is 1. The molecule has 0 aliphatic heterocycles. The number of hydrogen-bond donors (Lipinski definition) is 1. The Kier molecular flexibility index (Phi) is 6.67. The molecule has 2 aromatic carbocycles. The molecule has 4 nitrogen and oxygen atoms in total. The minimum absolute atomic E-state index is 0.0482. The zero-order valence-corrected chi connectivity index (χ0v) is 14.7. The number of ether oxygens (including phenoxy) is 1. The lowest BCUT2D eigenvalue weighted by atomic mass is 10.2. The Morgan fingerprint density at radius 2 is 1.92 bits per heavy atom. The van der Waals surface area contributed by atoms with E-state index in [2.05, 4.69) is 12.2 Å². The molecule has 0 radical (unpaired) electrons. The molecule has 4 heteroatoms. The summed E-state index contributed by atoms with van der Waals surface area (Å²) in [5.41, 5.74) is 2.01. The Balaban J connectivity index is 1.86. The average Bonchev–Trinajstić information content (AvgIpc) is 2.60. The van der Waals surface area contributed by atoms with Crippen molar-refractivity contribution in [2.75, 3.05) is 18.9 Å². The van der Waals surface area contributed by atoms with Crippen LogP contribution in [0.4, 0.5) is 5.69 Å². The number of amides is 1. The van der Waals surface area contributed by atoms with E-state index in [1.807, 2.05) is 68.6 Å². The number of carbonyl (C=O) groups is 1. The SMILES string of the molecule is CCC(C)Oc1cccc(NCC(=O)N(C)Cc2ccccc2)c1. The van der Waals surface area contributed by atoms with Gasteiger partial charge in [0.2, 0.25) is 5.91 Å². The molecule has 2 aromatic rings. The van der Waals surface area contributed by atoms with Crippen LogP contribution in [0.3, 0.4) is 0 Å². The van der Waals surface area contributed by atoms with Crippen molar-refractivity contribution in [1.29, 1.82) is 0 Å². The van der Waals surface area contributed by atoms with Crippen LogP contribution in [0.5, 0.6) is 5.75 Å². The maximum Gasteiger partial charge on any atom is 0.241 e. The highest BCUT2D eigenvalue weighted by Gasteiger charge is 2.09. The Morgan fingerprint density at radius 1 is 1.17 bits per heavy atom. The highest BCUT2D eigenvalue weighted by atomic mass is 16.5. The summed E-state index contributed by atoms with van der Waals surface area (Å²) in [6, 6.07) is 17.7. The number of likely N-dealkylation sites (N-methyl/N-ethyl adjacent to an activating group) is 1. The van der Waals surface area contributed by atoms with Crippen LogP contribution in [0.25, 0.3) is 0 Å². The van der Waals surface area contributed by atoms with E-state index in [9.17, 15) is 4.79 Å². The van der Waals surface area contributed by atoms with Gasteiger partial charge in [0.05, 0.1) is 12.6 Å². The van der Waals surface area contributed by atoms with Crippen LogP contribution in [0.15, 0.2) is 54.6 Å². The van der Waals surface area contributed by atoms with E-state index in [0.29, 0.717) is 6.54 Å². The summed E-state index contributed by atoms with van der Waals surface area (Å²) in [7, 11) is 1.82. The van der Waals surface area contributed by atoms with Crippen molar-refractivity contribution in [2.45, 2.75) is 32.9 Å². The first-order valence-corrected chi connectivity index (χ1v) is 8.37. The number of carbonyl (C=O) groups excluding carboxylic acids is 1. The fourth-order valence-electron chi connectivity index (χ4n) is 2.25. The largest absolute Gasteiger partial charge is 0.491 e. The number of hydrogen-bond acceptors (Lipinski definition) is 3. The van der Waals surface area contributed by atoms with Crippen LogP contribution in [0, 0.1) is 0 Å². The first-order valence-electron chi connectivity index (χ1n) is 8.37. The zero-order chi connectivity index (χ0) is 17.4. The van der Waals surface area contributed by atoms with Gasteiger partial charge in [-0.2, -0.15) is 0 Å².